The smallest absolute Gasteiger partial charge is 0.135 e. The molecule has 1 aromatic heterocycles. The van der Waals surface area contributed by atoms with Crippen LogP contribution < -0.4 is 4.90 Å². The van der Waals surface area contributed by atoms with Gasteiger partial charge in [0.25, 0.3) is 0 Å². The van der Waals surface area contributed by atoms with Crippen LogP contribution in [0.25, 0.3) is 55.3 Å². The van der Waals surface area contributed by atoms with Crippen molar-refractivity contribution in [1.82, 2.24) is 0 Å². The van der Waals surface area contributed by atoms with E-state index in [1.54, 1.807) is 0 Å². The van der Waals surface area contributed by atoms with Crippen LogP contribution in [0.15, 0.2) is 186 Å². The maximum Gasteiger partial charge on any atom is 0.135 e. The average molecular weight is 706 g/mol. The molecule has 9 aromatic rings. The van der Waals surface area contributed by atoms with E-state index in [1.807, 2.05) is 12.1 Å². The fourth-order valence-electron chi connectivity index (χ4n) is 9.77. The van der Waals surface area contributed by atoms with Crippen molar-refractivity contribution < 1.29 is 4.42 Å². The first kappa shape index (κ1) is 31.8. The van der Waals surface area contributed by atoms with Gasteiger partial charge in [0.2, 0.25) is 0 Å². The fraction of sp³-hybridized carbons (Fsp3) is 0.0943. The Hall–Kier alpha value is -6.64. The van der Waals surface area contributed by atoms with E-state index in [0.29, 0.717) is 0 Å². The van der Waals surface area contributed by atoms with Gasteiger partial charge in [-0.05, 0) is 111 Å². The summed E-state index contributed by atoms with van der Waals surface area (Å²) >= 11 is 0. The van der Waals surface area contributed by atoms with E-state index in [1.165, 1.54) is 50.1 Å². The van der Waals surface area contributed by atoms with Crippen molar-refractivity contribution in [2.75, 3.05) is 4.90 Å². The molecule has 2 nitrogen and oxygen atoms in total. The molecule has 11 rings (SSSR count). The lowest BCUT2D eigenvalue weighted by atomic mass is 9.74. The minimum absolute atomic E-state index is 0.133. The van der Waals surface area contributed by atoms with Gasteiger partial charge in [-0.2, -0.15) is 0 Å². The van der Waals surface area contributed by atoms with Crippen molar-refractivity contribution in [2.45, 2.75) is 31.6 Å². The van der Waals surface area contributed by atoms with E-state index in [9.17, 15) is 0 Å². The Morgan fingerprint density at radius 2 is 0.964 bits per heavy atom. The number of nitrogens with zero attached hydrogens (tertiary/aromatic N) is 1. The van der Waals surface area contributed by atoms with Crippen LogP contribution in [0, 0.1) is 0 Å². The number of hydrogen-bond acceptors (Lipinski definition) is 2. The van der Waals surface area contributed by atoms with Crippen LogP contribution in [-0.4, -0.2) is 0 Å². The van der Waals surface area contributed by atoms with Crippen LogP contribution in [0.4, 0.5) is 17.1 Å². The van der Waals surface area contributed by atoms with Gasteiger partial charge >= 0.3 is 0 Å². The van der Waals surface area contributed by atoms with Crippen molar-refractivity contribution in [3.63, 3.8) is 0 Å². The number of fused-ring (bicyclic) bond motifs is 9. The standard InChI is InChI=1S/C53H39NO/c1-52(2)45-21-11-7-18-39(45)41-28-26-36(32-47(41)52)54(49-23-13-9-17-38(49)34-25-30-51-44(31-34)43-20-10-14-24-50(43)55-51)37-27-29-42-40-19-8-12-22-46(40)53(3,48(42)33-37)35-15-5-4-6-16-35/h4-33H,1-3H3. The predicted molar refractivity (Wildman–Crippen MR) is 229 cm³/mol. The van der Waals surface area contributed by atoms with Crippen molar-refractivity contribution in [3.05, 3.63) is 210 Å². The van der Waals surface area contributed by atoms with Crippen molar-refractivity contribution >= 4 is 39.0 Å². The van der Waals surface area contributed by atoms with Crippen LogP contribution in [0.5, 0.6) is 0 Å². The molecule has 8 aromatic carbocycles. The minimum Gasteiger partial charge on any atom is -0.456 e. The molecule has 0 saturated carbocycles. The Balaban J connectivity index is 1.16. The second-order valence-corrected chi connectivity index (χ2v) is 15.8. The van der Waals surface area contributed by atoms with E-state index < -0.39 is 0 Å². The number of anilines is 3. The molecule has 262 valence electrons. The molecule has 1 unspecified atom stereocenters. The van der Waals surface area contributed by atoms with Gasteiger partial charge in [0.1, 0.15) is 11.2 Å². The van der Waals surface area contributed by atoms with Gasteiger partial charge in [0, 0.05) is 38.5 Å². The molecule has 0 radical (unpaired) electrons. The van der Waals surface area contributed by atoms with Gasteiger partial charge in [-0.3, -0.25) is 0 Å². The summed E-state index contributed by atoms with van der Waals surface area (Å²) < 4.78 is 6.26. The molecule has 0 fully saturated rings. The first-order valence-electron chi connectivity index (χ1n) is 19.3. The first-order valence-corrected chi connectivity index (χ1v) is 19.3. The molecule has 2 heteroatoms. The highest BCUT2D eigenvalue weighted by Gasteiger charge is 2.41. The zero-order chi connectivity index (χ0) is 36.9. The largest absolute Gasteiger partial charge is 0.456 e. The summed E-state index contributed by atoms with van der Waals surface area (Å²) in [4.78, 5) is 2.49. The highest BCUT2D eigenvalue weighted by molar-refractivity contribution is 6.07. The third kappa shape index (κ3) is 4.55. The number of benzene rings is 8. The summed E-state index contributed by atoms with van der Waals surface area (Å²) in [7, 11) is 0. The fourth-order valence-corrected chi connectivity index (χ4v) is 9.77. The summed E-state index contributed by atoms with van der Waals surface area (Å²) in [6.45, 7) is 7.12. The molecule has 0 saturated heterocycles. The second-order valence-electron chi connectivity index (χ2n) is 15.8. The van der Waals surface area contributed by atoms with Gasteiger partial charge in [-0.25, -0.2) is 0 Å². The molecule has 0 amide bonds. The highest BCUT2D eigenvalue weighted by atomic mass is 16.3. The molecule has 2 aliphatic rings. The van der Waals surface area contributed by atoms with E-state index in [4.69, 9.17) is 4.42 Å². The zero-order valence-corrected chi connectivity index (χ0v) is 31.2. The highest BCUT2D eigenvalue weighted by Crippen LogP contribution is 2.55. The molecule has 55 heavy (non-hydrogen) atoms. The summed E-state index contributed by atoms with van der Waals surface area (Å²) in [5.41, 5.74) is 19.0. The maximum absolute atomic E-state index is 6.26. The lowest BCUT2D eigenvalue weighted by Crippen LogP contribution is -2.23. The van der Waals surface area contributed by atoms with Crippen molar-refractivity contribution in [1.29, 1.82) is 0 Å². The van der Waals surface area contributed by atoms with Crippen LogP contribution in [-0.2, 0) is 10.8 Å². The SMILES string of the molecule is CC1(C)c2ccccc2-c2ccc(N(c3ccc4c(c3)C(C)(c3ccccc3)c3ccccc3-4)c3ccccc3-c3ccc4oc5ccccc5c4c3)cc21. The third-order valence-corrected chi connectivity index (χ3v) is 12.6. The predicted octanol–water partition coefficient (Wildman–Crippen LogP) is 14.4. The Morgan fingerprint density at radius 1 is 0.400 bits per heavy atom. The molecule has 0 aliphatic heterocycles. The van der Waals surface area contributed by atoms with Gasteiger partial charge in [0.05, 0.1) is 5.69 Å². The zero-order valence-electron chi connectivity index (χ0n) is 31.2. The number of hydrogen-bond donors (Lipinski definition) is 0. The first-order chi connectivity index (χ1) is 26.9. The van der Waals surface area contributed by atoms with E-state index >= 15 is 0 Å². The van der Waals surface area contributed by atoms with Gasteiger partial charge in [-0.15, -0.1) is 0 Å². The second kappa shape index (κ2) is 11.7. The number of para-hydroxylation sites is 2. The summed E-state index contributed by atoms with van der Waals surface area (Å²) in [6.07, 6.45) is 0. The number of furan rings is 1. The third-order valence-electron chi connectivity index (χ3n) is 12.6. The van der Waals surface area contributed by atoms with Crippen molar-refractivity contribution in [3.8, 4) is 33.4 Å². The molecule has 2 aliphatic carbocycles. The van der Waals surface area contributed by atoms with Crippen LogP contribution in [0.3, 0.4) is 0 Å². The van der Waals surface area contributed by atoms with Gasteiger partial charge in [-0.1, -0.05) is 147 Å². The van der Waals surface area contributed by atoms with E-state index in [2.05, 4.69) is 196 Å². The molecule has 0 spiro atoms. The molecule has 0 bridgehead atoms. The summed E-state index contributed by atoms with van der Waals surface area (Å²) in [6, 6.07) is 66.9. The lowest BCUT2D eigenvalue weighted by Gasteiger charge is -2.32. The Kier molecular flexibility index (Phi) is 6.76. The van der Waals surface area contributed by atoms with E-state index in [-0.39, 0.29) is 10.8 Å². The number of rotatable bonds is 5. The normalized spacial score (nSPS) is 16.1. The summed E-state index contributed by atoms with van der Waals surface area (Å²) in [5, 5.41) is 2.26. The molecular formula is C53H39NO. The minimum atomic E-state index is -0.316. The monoisotopic (exact) mass is 705 g/mol. The Bertz CT molecular complexity index is 2990. The summed E-state index contributed by atoms with van der Waals surface area (Å²) in [5.74, 6) is 0. The van der Waals surface area contributed by atoms with E-state index in [0.717, 1.165) is 50.1 Å². The molecular weight excluding hydrogens is 667 g/mol. The molecule has 1 heterocycles. The molecule has 1 atom stereocenters. The Labute approximate surface area is 322 Å². The lowest BCUT2D eigenvalue weighted by molar-refractivity contribution is 0.660. The van der Waals surface area contributed by atoms with Crippen LogP contribution in [0.1, 0.15) is 48.6 Å². The van der Waals surface area contributed by atoms with Crippen LogP contribution in [0.2, 0.25) is 0 Å². The van der Waals surface area contributed by atoms with Crippen LogP contribution >= 0.6 is 0 Å². The Morgan fingerprint density at radius 3 is 1.75 bits per heavy atom. The van der Waals surface area contributed by atoms with Crippen molar-refractivity contribution in [2.24, 2.45) is 0 Å². The average Bonchev–Trinajstić information content (AvgIpc) is 3.82. The quantitative estimate of drug-likeness (QED) is 0.177. The maximum atomic E-state index is 6.26. The van der Waals surface area contributed by atoms with Gasteiger partial charge < -0.3 is 9.32 Å². The topological polar surface area (TPSA) is 16.4 Å². The molecule has 0 N–H and O–H groups in total. The van der Waals surface area contributed by atoms with Gasteiger partial charge in [0.15, 0.2) is 0 Å².